The number of carbonyl (C=O) groups excluding carboxylic acids is 2. The summed E-state index contributed by atoms with van der Waals surface area (Å²) in [7, 11) is 0. The Morgan fingerprint density at radius 1 is 1.35 bits per heavy atom. The van der Waals surface area contributed by atoms with E-state index in [0.29, 0.717) is 17.2 Å². The van der Waals surface area contributed by atoms with Gasteiger partial charge in [0.1, 0.15) is 6.04 Å². The van der Waals surface area contributed by atoms with Crippen LogP contribution in [0.2, 0.25) is 0 Å². The van der Waals surface area contributed by atoms with Crippen LogP contribution in [0.1, 0.15) is 32.4 Å². The normalized spacial score (nSPS) is 23.3. The zero-order valence-corrected chi connectivity index (χ0v) is 13.4. The second-order valence-electron chi connectivity index (χ2n) is 5.53. The topological polar surface area (TPSA) is 71.0 Å². The summed E-state index contributed by atoms with van der Waals surface area (Å²) in [6, 6.07) is 8.49. The van der Waals surface area contributed by atoms with E-state index in [1.807, 2.05) is 30.3 Å². The number of carbonyl (C=O) groups is 2. The summed E-state index contributed by atoms with van der Waals surface area (Å²) in [6.07, 6.45) is 0. The lowest BCUT2D eigenvalue weighted by Crippen LogP contribution is -2.49. The molecule has 0 spiro atoms. The van der Waals surface area contributed by atoms with Crippen LogP contribution in [-0.2, 0) is 14.3 Å². The Morgan fingerprint density at radius 3 is 2.70 bits per heavy atom. The van der Waals surface area contributed by atoms with Crippen molar-refractivity contribution in [3.8, 4) is 0 Å². The van der Waals surface area contributed by atoms with Gasteiger partial charge in [-0.25, -0.2) is 9.79 Å². The summed E-state index contributed by atoms with van der Waals surface area (Å²) < 4.78 is 5.20. The van der Waals surface area contributed by atoms with E-state index >= 15 is 0 Å². The standard InChI is InChI=1S/C17H19N3O3/c1-4-23-16(22)13-10(2)18-17-19-11(3)15(21)20(17)14(13)12-8-6-5-7-9-12/h5-9,11,14H,4H2,1-3H3,(H,18,19). The predicted octanol–water partition coefficient (Wildman–Crippen LogP) is 1.75. The fraction of sp³-hybridized carbons (Fsp3) is 0.353. The number of allylic oxidation sites excluding steroid dienone is 1. The minimum Gasteiger partial charge on any atom is -0.463 e. The number of benzene rings is 1. The molecule has 0 aliphatic carbocycles. The maximum absolute atomic E-state index is 12.6. The van der Waals surface area contributed by atoms with Crippen molar-refractivity contribution in [2.24, 2.45) is 4.99 Å². The number of amides is 1. The van der Waals surface area contributed by atoms with Gasteiger partial charge in [0.2, 0.25) is 5.96 Å². The Kier molecular flexibility index (Phi) is 3.90. The van der Waals surface area contributed by atoms with E-state index in [4.69, 9.17) is 4.74 Å². The van der Waals surface area contributed by atoms with Crippen LogP contribution in [0, 0.1) is 0 Å². The van der Waals surface area contributed by atoms with Gasteiger partial charge >= 0.3 is 5.97 Å². The summed E-state index contributed by atoms with van der Waals surface area (Å²) in [5.41, 5.74) is 1.96. The van der Waals surface area contributed by atoms with Crippen LogP contribution < -0.4 is 5.32 Å². The SMILES string of the molecule is CCOC(=O)C1=C(C)NC2=NC(C)C(=O)N2C1c1ccccc1. The van der Waals surface area contributed by atoms with Crippen LogP contribution in [0.15, 0.2) is 46.6 Å². The van der Waals surface area contributed by atoms with E-state index < -0.39 is 18.1 Å². The maximum Gasteiger partial charge on any atom is 0.338 e. The number of rotatable bonds is 3. The number of esters is 1. The Bertz CT molecular complexity index is 709. The summed E-state index contributed by atoms with van der Waals surface area (Å²) in [4.78, 5) is 30.9. The predicted molar refractivity (Wildman–Crippen MR) is 85.4 cm³/mol. The van der Waals surface area contributed by atoms with Gasteiger partial charge in [-0.2, -0.15) is 0 Å². The largest absolute Gasteiger partial charge is 0.463 e. The van der Waals surface area contributed by atoms with Crippen molar-refractivity contribution in [3.63, 3.8) is 0 Å². The van der Waals surface area contributed by atoms with Crippen LogP contribution in [0.3, 0.4) is 0 Å². The zero-order valence-electron chi connectivity index (χ0n) is 13.4. The summed E-state index contributed by atoms with van der Waals surface area (Å²) in [5, 5.41) is 3.06. The third-order valence-corrected chi connectivity index (χ3v) is 3.98. The van der Waals surface area contributed by atoms with E-state index in [-0.39, 0.29) is 12.5 Å². The van der Waals surface area contributed by atoms with E-state index in [9.17, 15) is 9.59 Å². The van der Waals surface area contributed by atoms with Crippen LogP contribution >= 0.6 is 0 Å². The van der Waals surface area contributed by atoms with Crippen molar-refractivity contribution in [2.75, 3.05) is 6.61 Å². The van der Waals surface area contributed by atoms with Crippen LogP contribution in [-0.4, -0.2) is 35.4 Å². The summed E-state index contributed by atoms with van der Waals surface area (Å²) >= 11 is 0. The molecular formula is C17H19N3O3. The van der Waals surface area contributed by atoms with Gasteiger partial charge in [0.15, 0.2) is 0 Å². The molecule has 23 heavy (non-hydrogen) atoms. The molecule has 0 saturated carbocycles. The van der Waals surface area contributed by atoms with Crippen LogP contribution in [0.25, 0.3) is 0 Å². The van der Waals surface area contributed by atoms with Crippen molar-refractivity contribution in [1.29, 1.82) is 0 Å². The summed E-state index contributed by atoms with van der Waals surface area (Å²) in [5.74, 6) is -0.0599. The molecule has 1 aromatic carbocycles. The first-order chi connectivity index (χ1) is 11.0. The highest BCUT2D eigenvalue weighted by molar-refractivity contribution is 6.09. The van der Waals surface area contributed by atoms with Gasteiger partial charge in [0, 0.05) is 5.70 Å². The molecule has 3 rings (SSSR count). The summed E-state index contributed by atoms with van der Waals surface area (Å²) in [6.45, 7) is 5.59. The molecule has 1 N–H and O–H groups in total. The lowest BCUT2D eigenvalue weighted by Gasteiger charge is -2.36. The number of nitrogens with one attached hydrogen (secondary N) is 1. The molecule has 2 heterocycles. The quantitative estimate of drug-likeness (QED) is 0.863. The van der Waals surface area contributed by atoms with Crippen molar-refractivity contribution < 1.29 is 14.3 Å². The molecule has 1 aromatic rings. The molecule has 0 fully saturated rings. The number of ether oxygens (including phenoxy) is 1. The van der Waals surface area contributed by atoms with Crippen molar-refractivity contribution in [3.05, 3.63) is 47.2 Å². The average molecular weight is 313 g/mol. The van der Waals surface area contributed by atoms with Gasteiger partial charge in [-0.3, -0.25) is 9.69 Å². The third kappa shape index (κ3) is 2.50. The zero-order chi connectivity index (χ0) is 16.6. The molecule has 2 atom stereocenters. The minimum atomic E-state index is -0.521. The van der Waals surface area contributed by atoms with Gasteiger partial charge < -0.3 is 10.1 Å². The smallest absolute Gasteiger partial charge is 0.338 e. The maximum atomic E-state index is 12.6. The van der Waals surface area contributed by atoms with Gasteiger partial charge in [-0.05, 0) is 26.3 Å². The first kappa shape index (κ1) is 15.3. The highest BCUT2D eigenvalue weighted by atomic mass is 16.5. The second-order valence-corrected chi connectivity index (χ2v) is 5.53. The highest BCUT2D eigenvalue weighted by Crippen LogP contribution is 2.36. The van der Waals surface area contributed by atoms with Gasteiger partial charge in [-0.15, -0.1) is 0 Å². The highest BCUT2D eigenvalue weighted by Gasteiger charge is 2.45. The molecule has 0 aromatic heterocycles. The van der Waals surface area contributed by atoms with E-state index in [1.165, 1.54) is 0 Å². The number of hydrogen-bond donors (Lipinski definition) is 1. The molecule has 6 nitrogen and oxygen atoms in total. The minimum absolute atomic E-state index is 0.129. The van der Waals surface area contributed by atoms with Crippen LogP contribution in [0.5, 0.6) is 0 Å². The molecule has 2 aliphatic heterocycles. The lowest BCUT2D eigenvalue weighted by atomic mass is 9.93. The van der Waals surface area contributed by atoms with Gasteiger partial charge in [0.05, 0.1) is 18.2 Å². The molecule has 6 heteroatoms. The molecule has 1 amide bonds. The fourth-order valence-electron chi connectivity index (χ4n) is 2.94. The molecule has 2 aliphatic rings. The Balaban J connectivity index is 2.14. The first-order valence-electron chi connectivity index (χ1n) is 7.65. The molecule has 2 unspecified atom stereocenters. The van der Waals surface area contributed by atoms with Gasteiger partial charge in [-0.1, -0.05) is 30.3 Å². The van der Waals surface area contributed by atoms with E-state index in [0.717, 1.165) is 5.56 Å². The number of hydrogen-bond acceptors (Lipinski definition) is 5. The molecule has 0 saturated heterocycles. The molecule has 0 radical (unpaired) electrons. The van der Waals surface area contributed by atoms with Crippen molar-refractivity contribution in [2.45, 2.75) is 32.9 Å². The Labute approximate surface area is 134 Å². The third-order valence-electron chi connectivity index (χ3n) is 3.98. The van der Waals surface area contributed by atoms with Crippen molar-refractivity contribution in [1.82, 2.24) is 10.2 Å². The number of guanidine groups is 1. The molecule has 120 valence electrons. The van der Waals surface area contributed by atoms with E-state index in [1.54, 1.807) is 25.7 Å². The average Bonchev–Trinajstić information content (AvgIpc) is 2.81. The molecular weight excluding hydrogens is 294 g/mol. The number of fused-ring (bicyclic) bond motifs is 1. The number of nitrogens with zero attached hydrogens (tertiary/aromatic N) is 2. The lowest BCUT2D eigenvalue weighted by molar-refractivity contribution is -0.139. The van der Waals surface area contributed by atoms with E-state index in [2.05, 4.69) is 10.3 Å². The Hall–Kier alpha value is -2.63. The van der Waals surface area contributed by atoms with Gasteiger partial charge in [0.25, 0.3) is 5.91 Å². The second kappa shape index (κ2) is 5.87. The monoisotopic (exact) mass is 313 g/mol. The van der Waals surface area contributed by atoms with Crippen LogP contribution in [0.4, 0.5) is 0 Å². The number of aliphatic imine (C=N–C) groups is 1. The fourth-order valence-corrected chi connectivity index (χ4v) is 2.94. The molecule has 0 bridgehead atoms. The first-order valence-corrected chi connectivity index (χ1v) is 7.65. The van der Waals surface area contributed by atoms with Crippen molar-refractivity contribution >= 4 is 17.8 Å². The Morgan fingerprint density at radius 2 is 2.04 bits per heavy atom.